The van der Waals surface area contributed by atoms with Crippen LogP contribution in [-0.4, -0.2) is 358 Å². The molecule has 7 saturated heterocycles. The van der Waals surface area contributed by atoms with Gasteiger partial charge in [-0.2, -0.15) is 0 Å². The summed E-state index contributed by atoms with van der Waals surface area (Å²) in [5.74, 6) is -0.0359. The van der Waals surface area contributed by atoms with Crippen LogP contribution in [0.15, 0.2) is 11.6 Å². The molecule has 97 heavy (non-hydrogen) atoms. The Bertz CT molecular complexity index is 2580. The fraction of sp³-hybridized carbons (Fsp3) is 0.968. The first kappa shape index (κ1) is 76.5. The summed E-state index contributed by atoms with van der Waals surface area (Å²) in [5, 5.41) is 217. The highest BCUT2D eigenvalue weighted by molar-refractivity contribution is 5.28. The fourth-order valence-corrected chi connectivity index (χ4v) is 18.1. The quantitative estimate of drug-likeness (QED) is 0.0448. The number of methoxy groups -OCH3 is 1. The minimum Gasteiger partial charge on any atom is -0.394 e. The van der Waals surface area contributed by atoms with Crippen molar-refractivity contribution in [1.29, 1.82) is 0 Å². The summed E-state index contributed by atoms with van der Waals surface area (Å²) < 4.78 is 84.3. The number of aliphatic hydroxyl groups is 20. The van der Waals surface area contributed by atoms with Gasteiger partial charge in [0, 0.05) is 19.4 Å². The first-order chi connectivity index (χ1) is 46.0. The molecule has 0 aromatic carbocycles. The first-order valence-electron chi connectivity index (χ1n) is 34.0. The summed E-state index contributed by atoms with van der Waals surface area (Å²) in [6.45, 7) is 3.87. The van der Waals surface area contributed by atoms with E-state index < -0.39 is 241 Å². The lowest BCUT2D eigenvalue weighted by Gasteiger charge is -2.59. The van der Waals surface area contributed by atoms with E-state index in [-0.39, 0.29) is 66.5 Å². The van der Waals surface area contributed by atoms with Crippen LogP contribution in [0.25, 0.3) is 0 Å². The van der Waals surface area contributed by atoms with E-state index >= 15 is 0 Å². The lowest BCUT2D eigenvalue weighted by Crippen LogP contribution is -2.69. The van der Waals surface area contributed by atoms with Gasteiger partial charge in [-0.3, -0.25) is 0 Å². The van der Waals surface area contributed by atoms with Crippen LogP contribution in [-0.2, 0) is 66.3 Å². The molecular formula is C63H104O34. The molecule has 0 amide bonds. The lowest BCUT2D eigenvalue weighted by molar-refractivity contribution is -0.409. The van der Waals surface area contributed by atoms with Crippen LogP contribution >= 0.6 is 0 Å². The Morgan fingerprint density at radius 2 is 1.04 bits per heavy atom. The number of fused-ring (bicyclic) bond motifs is 7. The molecule has 34 nitrogen and oxygen atoms in total. The van der Waals surface area contributed by atoms with Crippen molar-refractivity contribution in [3.8, 4) is 0 Å². The standard InChI is InChI=1S/C63H104O34/c1-22(20-85-55-47(80)43(76)39(72)32(15-64)88-55)8-11-63(84-5)23(2)37-31(97-63)13-27-25-7-6-24-12-30(28(69)14-62(24,4)26(25)9-10-61(27,37)3)87-57-49(82)45(78)51(36(19-68)92-57)93-60-54(53(42(75)35(18-67)91-60)95-56-46(79)38(71)29(70)21-86-56)96-59-50(83)52(41(74)34(17-66)90-59)94-58-48(81)44(77)40(73)33(16-65)89-58/h6,22-23,25-60,64-83H,7-21H2,1-5H3/t22-,23-,25+,26-,27-,28+,29+,30+,31-,32+,33+,34+,35+,36+,37-,38-,39+,40+,41+,42+,43-,44-,45+,46+,47+,48+,49+,50+,51-,52-,53-,54+,55+,56-,57+,58-,59-,60-,61-,62-,63+/m0/s1. The fourth-order valence-electron chi connectivity index (χ4n) is 18.1. The number of aliphatic hydroxyl groups excluding tert-OH is 20. The third kappa shape index (κ3) is 14.2. The van der Waals surface area contributed by atoms with Gasteiger partial charge in [0.15, 0.2) is 43.5 Å². The Hall–Kier alpha value is -1.62. The molecule has 0 unspecified atom stereocenters. The van der Waals surface area contributed by atoms with E-state index in [0.717, 1.165) is 31.3 Å². The molecule has 0 spiro atoms. The monoisotopic (exact) mass is 1400 g/mol. The zero-order chi connectivity index (χ0) is 70.2. The normalized spacial score (nSPS) is 54.3. The number of allylic oxidation sites excluding steroid dienone is 1. The van der Waals surface area contributed by atoms with Crippen molar-refractivity contribution < 1.29 is 168 Å². The summed E-state index contributed by atoms with van der Waals surface area (Å²) in [7, 11) is 1.67. The second kappa shape index (κ2) is 30.8. The van der Waals surface area contributed by atoms with Crippen molar-refractivity contribution in [3.63, 3.8) is 0 Å². The van der Waals surface area contributed by atoms with Gasteiger partial charge in [0.25, 0.3) is 0 Å². The molecule has 7 aliphatic heterocycles. The zero-order valence-electron chi connectivity index (χ0n) is 54.8. The first-order valence-corrected chi connectivity index (χ1v) is 34.0. The van der Waals surface area contributed by atoms with E-state index in [1.807, 2.05) is 6.92 Å². The summed E-state index contributed by atoms with van der Waals surface area (Å²) >= 11 is 0. The largest absolute Gasteiger partial charge is 0.394 e. The highest BCUT2D eigenvalue weighted by Crippen LogP contribution is 2.70. The van der Waals surface area contributed by atoms with E-state index in [9.17, 15) is 102 Å². The molecule has 3 saturated carbocycles. The second-order valence-electron chi connectivity index (χ2n) is 29.3. The number of hydrogen-bond donors (Lipinski definition) is 20. The second-order valence-corrected chi connectivity index (χ2v) is 29.3. The molecule has 34 heteroatoms. The number of ether oxygens (including phenoxy) is 14. The van der Waals surface area contributed by atoms with E-state index in [4.69, 9.17) is 66.3 Å². The molecule has 560 valence electrons. The van der Waals surface area contributed by atoms with Crippen LogP contribution in [0, 0.1) is 46.3 Å². The number of rotatable bonds is 22. The van der Waals surface area contributed by atoms with Crippen molar-refractivity contribution in [1.82, 2.24) is 0 Å². The van der Waals surface area contributed by atoms with Gasteiger partial charge in [-0.25, -0.2) is 0 Å². The van der Waals surface area contributed by atoms with Crippen LogP contribution in [0.2, 0.25) is 0 Å². The highest BCUT2D eigenvalue weighted by atomic mass is 16.8. The number of hydrogen-bond acceptors (Lipinski definition) is 34. The van der Waals surface area contributed by atoms with E-state index in [1.165, 1.54) is 0 Å². The van der Waals surface area contributed by atoms with Crippen molar-refractivity contribution >= 4 is 0 Å². The summed E-state index contributed by atoms with van der Waals surface area (Å²) in [4.78, 5) is 0. The molecular weight excluding hydrogens is 1300 g/mol. The van der Waals surface area contributed by atoms with E-state index in [2.05, 4.69) is 26.8 Å². The molecule has 0 radical (unpaired) electrons. The minimum atomic E-state index is -2.23. The van der Waals surface area contributed by atoms with Crippen LogP contribution < -0.4 is 0 Å². The van der Waals surface area contributed by atoms with Gasteiger partial charge in [0.2, 0.25) is 0 Å². The zero-order valence-corrected chi connectivity index (χ0v) is 54.8. The molecule has 0 aromatic rings. The smallest absolute Gasteiger partial charge is 0.187 e. The van der Waals surface area contributed by atoms with Gasteiger partial charge in [-0.05, 0) is 85.4 Å². The third-order valence-electron chi connectivity index (χ3n) is 23.7. The average Bonchev–Trinajstić information content (AvgIpc) is 1.57. The molecule has 4 aliphatic carbocycles. The molecule has 0 bridgehead atoms. The van der Waals surface area contributed by atoms with Crippen LogP contribution in [0.1, 0.15) is 79.1 Å². The van der Waals surface area contributed by atoms with Crippen LogP contribution in [0.4, 0.5) is 0 Å². The maximum Gasteiger partial charge on any atom is 0.187 e. The molecule has 7 heterocycles. The van der Waals surface area contributed by atoms with Gasteiger partial charge in [0.1, 0.15) is 140 Å². The molecule has 10 fully saturated rings. The highest BCUT2D eigenvalue weighted by Gasteiger charge is 2.69. The Balaban J connectivity index is 0.758. The van der Waals surface area contributed by atoms with Crippen molar-refractivity contribution in [2.75, 3.05) is 53.4 Å². The average molecular weight is 1410 g/mol. The van der Waals surface area contributed by atoms with Gasteiger partial charge in [-0.15, -0.1) is 0 Å². The summed E-state index contributed by atoms with van der Waals surface area (Å²) in [5.41, 5.74) is 0.482. The SMILES string of the molecule is CO[C@]1(CC[C@H](C)CO[C@@H]2O[C@H](CO)[C@@H](O)[C@H](O)[C@H]2O)O[C@H]2C[C@H]3[C@@H]4CC=C5C[C@@H](O[C@@H]6O[C@H](CO)[C@H](O[C@@H]7O[C@H](CO)[C@@H](O)[C@H](O[C@@H]8OC[C@@H](O)[C@H](O)[C@H]8O)[C@H]7O[C@@H]7O[C@H](CO)[C@@H](O)[C@H](O[C@@H]8O[C@H](CO)[C@@H](O)[C@H](O)[C@H]8O)[C@H]7O)[C@H](O)[C@H]6O)[C@H](O)C[C@]5(C)[C@H]4CC[C@]3(C)[C@H]2[C@@H]1C. The maximum atomic E-state index is 12.1. The van der Waals surface area contributed by atoms with Crippen LogP contribution in [0.5, 0.6) is 0 Å². The van der Waals surface area contributed by atoms with Crippen molar-refractivity contribution in [2.45, 2.75) is 281 Å². The Morgan fingerprint density at radius 3 is 1.67 bits per heavy atom. The van der Waals surface area contributed by atoms with Crippen molar-refractivity contribution in [3.05, 3.63) is 11.6 Å². The summed E-state index contributed by atoms with van der Waals surface area (Å²) in [6.07, 6.45) is -47.7. The molecule has 41 atom stereocenters. The topological polar surface area (TPSA) is 534 Å². The predicted molar refractivity (Wildman–Crippen MR) is 317 cm³/mol. The lowest BCUT2D eigenvalue weighted by atomic mass is 9.46. The molecule has 0 aromatic heterocycles. The predicted octanol–water partition coefficient (Wildman–Crippen LogP) is -8.12. The molecule has 11 rings (SSSR count). The Kier molecular flexibility index (Phi) is 24.3. The van der Waals surface area contributed by atoms with E-state index in [0.29, 0.717) is 12.8 Å². The molecule has 20 N–H and O–H groups in total. The van der Waals surface area contributed by atoms with Crippen molar-refractivity contribution in [2.24, 2.45) is 46.3 Å². The maximum absolute atomic E-state index is 12.1. The van der Waals surface area contributed by atoms with Gasteiger partial charge >= 0.3 is 0 Å². The summed E-state index contributed by atoms with van der Waals surface area (Å²) in [6, 6.07) is 0. The minimum absolute atomic E-state index is 0.0108. The van der Waals surface area contributed by atoms with Gasteiger partial charge in [0.05, 0.1) is 64.6 Å². The third-order valence-corrected chi connectivity index (χ3v) is 23.7. The Morgan fingerprint density at radius 1 is 0.526 bits per heavy atom. The van der Waals surface area contributed by atoms with E-state index in [1.54, 1.807) is 7.11 Å². The van der Waals surface area contributed by atoms with Gasteiger partial charge in [-0.1, -0.05) is 39.3 Å². The Labute approximate surface area is 559 Å². The van der Waals surface area contributed by atoms with Gasteiger partial charge < -0.3 is 168 Å². The molecule has 11 aliphatic rings. The van der Waals surface area contributed by atoms with Crippen LogP contribution in [0.3, 0.4) is 0 Å².